The number of rotatable bonds is 10. The van der Waals surface area contributed by atoms with Crippen molar-refractivity contribution < 1.29 is 55.9 Å². The zero-order valence-corrected chi connectivity index (χ0v) is 12.5. The smallest absolute Gasteiger partial charge is 0.370 e. The number of unbranched alkanes of at least 4 members (excludes halogenated alkanes) is 3. The molecular formula is C12H24O11. The lowest BCUT2D eigenvalue weighted by Gasteiger charge is -2.47. The van der Waals surface area contributed by atoms with Gasteiger partial charge in [-0.1, -0.05) is 32.6 Å². The number of carboxylic acids is 1. The van der Waals surface area contributed by atoms with Crippen LogP contribution in [-0.2, 0) is 4.79 Å². The van der Waals surface area contributed by atoms with Gasteiger partial charge in [-0.3, -0.25) is 0 Å². The second-order valence-electron chi connectivity index (χ2n) is 5.41. The molecule has 0 saturated heterocycles. The Labute approximate surface area is 131 Å². The molecule has 0 fully saturated rings. The molecular weight excluding hydrogens is 320 g/mol. The van der Waals surface area contributed by atoms with E-state index in [4.69, 9.17) is 15.3 Å². The SMILES string of the molecule is CCCCCCC(O)C(O)(O)C(O)(O)C(O)(O)C(O)(O)C(=O)O. The van der Waals surface area contributed by atoms with Gasteiger partial charge in [0.05, 0.1) is 0 Å². The molecule has 0 heterocycles. The van der Waals surface area contributed by atoms with E-state index in [1.807, 2.05) is 6.92 Å². The van der Waals surface area contributed by atoms with E-state index < -0.39 is 41.6 Å². The third kappa shape index (κ3) is 3.96. The molecule has 0 amide bonds. The fourth-order valence-corrected chi connectivity index (χ4v) is 1.85. The van der Waals surface area contributed by atoms with E-state index in [9.17, 15) is 40.5 Å². The van der Waals surface area contributed by atoms with Crippen LogP contribution in [0.2, 0.25) is 0 Å². The molecule has 0 aliphatic heterocycles. The summed E-state index contributed by atoms with van der Waals surface area (Å²) in [5.41, 5.74) is 0. The Bertz CT molecular complexity index is 402. The zero-order chi connectivity index (χ0) is 18.7. The maximum Gasteiger partial charge on any atom is 0.370 e. The second kappa shape index (κ2) is 7.34. The molecule has 0 bridgehead atoms. The van der Waals surface area contributed by atoms with Crippen molar-refractivity contribution in [2.45, 2.75) is 68.3 Å². The van der Waals surface area contributed by atoms with Crippen LogP contribution in [0, 0.1) is 0 Å². The normalized spacial score (nSPS) is 15.6. The average Bonchev–Trinajstić information content (AvgIpc) is 2.42. The first-order valence-electron chi connectivity index (χ1n) is 6.88. The topological polar surface area (TPSA) is 219 Å². The highest BCUT2D eigenvalue weighted by Gasteiger charge is 2.74. The number of carboxylic acid groups (broad SMARTS) is 1. The maximum atomic E-state index is 10.6. The van der Waals surface area contributed by atoms with Gasteiger partial charge < -0.3 is 51.1 Å². The van der Waals surface area contributed by atoms with Gasteiger partial charge in [-0.2, -0.15) is 0 Å². The highest BCUT2D eigenvalue weighted by Crippen LogP contribution is 2.37. The molecule has 138 valence electrons. The zero-order valence-electron chi connectivity index (χ0n) is 12.5. The summed E-state index contributed by atoms with van der Waals surface area (Å²) < 4.78 is 0. The molecule has 0 aliphatic rings. The molecule has 0 rings (SSSR count). The first-order valence-corrected chi connectivity index (χ1v) is 6.88. The fourth-order valence-electron chi connectivity index (χ4n) is 1.85. The van der Waals surface area contributed by atoms with Crippen LogP contribution in [-0.4, -0.2) is 86.3 Å². The number of aliphatic carboxylic acids is 1. The van der Waals surface area contributed by atoms with E-state index in [1.165, 1.54) is 0 Å². The fraction of sp³-hybridized carbons (Fsp3) is 0.917. The highest BCUT2D eigenvalue weighted by molar-refractivity contribution is 5.76. The Hall–Kier alpha value is -0.890. The molecule has 0 saturated carbocycles. The maximum absolute atomic E-state index is 10.6. The number of hydrogen-bond donors (Lipinski definition) is 10. The van der Waals surface area contributed by atoms with Crippen molar-refractivity contribution in [2.75, 3.05) is 0 Å². The summed E-state index contributed by atoms with van der Waals surface area (Å²) in [6, 6.07) is 0. The minimum Gasteiger partial charge on any atom is -0.477 e. The minimum atomic E-state index is -4.76. The average molecular weight is 344 g/mol. The van der Waals surface area contributed by atoms with Crippen LogP contribution in [0.25, 0.3) is 0 Å². The Morgan fingerprint density at radius 3 is 1.74 bits per heavy atom. The quantitative estimate of drug-likeness (QED) is 0.136. The van der Waals surface area contributed by atoms with Gasteiger partial charge in [0, 0.05) is 0 Å². The molecule has 23 heavy (non-hydrogen) atoms. The van der Waals surface area contributed by atoms with Gasteiger partial charge in [0.15, 0.2) is 0 Å². The monoisotopic (exact) mass is 344 g/mol. The second-order valence-corrected chi connectivity index (χ2v) is 5.41. The van der Waals surface area contributed by atoms with Crippen LogP contribution in [0.3, 0.4) is 0 Å². The van der Waals surface area contributed by atoms with Crippen LogP contribution in [0.15, 0.2) is 0 Å². The number of carbonyl (C=O) groups is 1. The molecule has 0 aromatic heterocycles. The number of aliphatic hydroxyl groups excluding tert-OH is 1. The van der Waals surface area contributed by atoms with Crippen LogP contribution in [0.4, 0.5) is 0 Å². The van der Waals surface area contributed by atoms with Crippen LogP contribution >= 0.6 is 0 Å². The van der Waals surface area contributed by atoms with Crippen molar-refractivity contribution in [1.29, 1.82) is 0 Å². The summed E-state index contributed by atoms with van der Waals surface area (Å²) in [4.78, 5) is 10.6. The molecule has 11 nitrogen and oxygen atoms in total. The van der Waals surface area contributed by atoms with Crippen molar-refractivity contribution in [3.8, 4) is 0 Å². The van der Waals surface area contributed by atoms with E-state index in [0.717, 1.165) is 12.8 Å². The van der Waals surface area contributed by atoms with Crippen LogP contribution < -0.4 is 0 Å². The van der Waals surface area contributed by atoms with Crippen molar-refractivity contribution >= 4 is 5.97 Å². The Kier molecular flexibility index (Phi) is 7.05. The predicted octanol–water partition coefficient (Wildman–Crippen LogP) is -3.87. The predicted molar refractivity (Wildman–Crippen MR) is 71.1 cm³/mol. The molecule has 10 N–H and O–H groups in total. The molecule has 1 unspecified atom stereocenters. The third-order valence-electron chi connectivity index (χ3n) is 3.58. The highest BCUT2D eigenvalue weighted by atomic mass is 16.7. The van der Waals surface area contributed by atoms with Crippen LogP contribution in [0.5, 0.6) is 0 Å². The Morgan fingerprint density at radius 1 is 0.870 bits per heavy atom. The number of aliphatic hydroxyl groups is 9. The lowest BCUT2D eigenvalue weighted by Crippen LogP contribution is -2.80. The first-order chi connectivity index (χ1) is 10.2. The molecule has 11 heteroatoms. The van der Waals surface area contributed by atoms with Crippen molar-refractivity contribution in [2.24, 2.45) is 0 Å². The van der Waals surface area contributed by atoms with Gasteiger partial charge in [0.1, 0.15) is 6.10 Å². The first kappa shape index (κ1) is 22.1. The Balaban J connectivity index is 5.39. The van der Waals surface area contributed by atoms with Crippen molar-refractivity contribution in [3.63, 3.8) is 0 Å². The standard InChI is InChI=1S/C12H24O11/c1-2-3-4-5-6-7(13)9(16,17)11(20,21)12(22,23)10(18,19)8(14)15/h7,13,16-23H,2-6H2,1H3,(H,14,15). The van der Waals surface area contributed by atoms with Gasteiger partial charge in [0.25, 0.3) is 17.4 Å². The lowest BCUT2D eigenvalue weighted by molar-refractivity contribution is -0.507. The van der Waals surface area contributed by atoms with Gasteiger partial charge in [-0.05, 0) is 6.42 Å². The lowest BCUT2D eigenvalue weighted by atomic mass is 9.85. The molecule has 0 spiro atoms. The summed E-state index contributed by atoms with van der Waals surface area (Å²) in [7, 11) is 0. The summed E-state index contributed by atoms with van der Waals surface area (Å²) in [6.45, 7) is 1.88. The minimum absolute atomic E-state index is 0.195. The number of hydrogen-bond acceptors (Lipinski definition) is 10. The van der Waals surface area contributed by atoms with E-state index in [-0.39, 0.29) is 6.42 Å². The van der Waals surface area contributed by atoms with Gasteiger partial charge in [0.2, 0.25) is 0 Å². The van der Waals surface area contributed by atoms with E-state index >= 15 is 0 Å². The van der Waals surface area contributed by atoms with Crippen LogP contribution in [0.1, 0.15) is 39.0 Å². The van der Waals surface area contributed by atoms with Gasteiger partial charge in [-0.25, -0.2) is 4.79 Å². The third-order valence-corrected chi connectivity index (χ3v) is 3.58. The van der Waals surface area contributed by atoms with Gasteiger partial charge in [-0.15, -0.1) is 0 Å². The summed E-state index contributed by atoms with van der Waals surface area (Å²) in [5.74, 6) is -20.8. The van der Waals surface area contributed by atoms with Gasteiger partial charge >= 0.3 is 11.8 Å². The summed E-state index contributed by atoms with van der Waals surface area (Å²) in [6.07, 6.45) is -0.508. The largest absolute Gasteiger partial charge is 0.477 e. The van der Waals surface area contributed by atoms with Crippen molar-refractivity contribution in [3.05, 3.63) is 0 Å². The Morgan fingerprint density at radius 2 is 1.35 bits per heavy atom. The van der Waals surface area contributed by atoms with E-state index in [1.54, 1.807) is 0 Å². The molecule has 0 aromatic rings. The molecule has 0 radical (unpaired) electrons. The van der Waals surface area contributed by atoms with E-state index in [2.05, 4.69) is 0 Å². The molecule has 0 aromatic carbocycles. The summed E-state index contributed by atoms with van der Waals surface area (Å²) >= 11 is 0. The van der Waals surface area contributed by atoms with Crippen molar-refractivity contribution in [1.82, 2.24) is 0 Å². The van der Waals surface area contributed by atoms with E-state index in [0.29, 0.717) is 6.42 Å². The molecule has 1 atom stereocenters. The molecule has 0 aliphatic carbocycles. The summed E-state index contributed by atoms with van der Waals surface area (Å²) in [5, 5.41) is 93.3.